The molecular weight excluding hydrogens is 246 g/mol. The summed E-state index contributed by atoms with van der Waals surface area (Å²) in [5.74, 6) is 1.00. The Labute approximate surface area is 111 Å². The van der Waals surface area contributed by atoms with Gasteiger partial charge in [-0.05, 0) is 23.6 Å². The molecule has 0 saturated carbocycles. The van der Waals surface area contributed by atoms with Crippen LogP contribution in [0.1, 0.15) is 0 Å². The molecule has 4 heteroatoms. The van der Waals surface area contributed by atoms with Crippen LogP contribution in [0, 0.1) is 0 Å². The molecule has 2 aromatic rings. The number of morpholine rings is 1. The van der Waals surface area contributed by atoms with Gasteiger partial charge in [0.2, 0.25) is 0 Å². The van der Waals surface area contributed by atoms with Crippen molar-refractivity contribution in [2.45, 2.75) is 0 Å². The molecule has 0 atom stereocenters. The molecule has 0 aliphatic carbocycles. The fourth-order valence-corrected chi connectivity index (χ4v) is 3.01. The predicted molar refractivity (Wildman–Crippen MR) is 74.6 cm³/mol. The molecule has 1 saturated heterocycles. The van der Waals surface area contributed by atoms with E-state index in [1.165, 1.54) is 10.1 Å². The van der Waals surface area contributed by atoms with Gasteiger partial charge in [0.25, 0.3) is 0 Å². The van der Waals surface area contributed by atoms with Crippen molar-refractivity contribution in [3.63, 3.8) is 0 Å². The van der Waals surface area contributed by atoms with Crippen molar-refractivity contribution in [1.29, 1.82) is 0 Å². The fourth-order valence-electron chi connectivity index (χ4n) is 2.20. The van der Waals surface area contributed by atoms with Crippen LogP contribution in [0.15, 0.2) is 29.6 Å². The normalized spacial score (nSPS) is 17.1. The highest BCUT2D eigenvalue weighted by molar-refractivity contribution is 7.17. The molecule has 0 N–H and O–H groups in total. The van der Waals surface area contributed by atoms with E-state index in [-0.39, 0.29) is 0 Å². The lowest BCUT2D eigenvalue weighted by molar-refractivity contribution is 0.0323. The van der Waals surface area contributed by atoms with E-state index >= 15 is 0 Å². The van der Waals surface area contributed by atoms with Gasteiger partial charge in [0.1, 0.15) is 12.4 Å². The van der Waals surface area contributed by atoms with Crippen molar-refractivity contribution in [2.24, 2.45) is 0 Å². The van der Waals surface area contributed by atoms with E-state index in [0.717, 1.165) is 45.2 Å². The Kier molecular flexibility index (Phi) is 3.78. The van der Waals surface area contributed by atoms with Crippen molar-refractivity contribution in [3.05, 3.63) is 29.6 Å². The molecule has 0 radical (unpaired) electrons. The molecule has 1 aromatic carbocycles. The number of thiophene rings is 1. The summed E-state index contributed by atoms with van der Waals surface area (Å²) in [5.41, 5.74) is 0. The van der Waals surface area contributed by atoms with Gasteiger partial charge in [0, 0.05) is 29.7 Å². The molecule has 0 amide bonds. The summed E-state index contributed by atoms with van der Waals surface area (Å²) in [6.07, 6.45) is 0. The van der Waals surface area contributed by atoms with Gasteiger partial charge in [0.15, 0.2) is 0 Å². The van der Waals surface area contributed by atoms with Crippen LogP contribution in [0.5, 0.6) is 5.75 Å². The van der Waals surface area contributed by atoms with Crippen molar-refractivity contribution in [1.82, 2.24) is 4.90 Å². The molecule has 0 bridgehead atoms. The minimum atomic E-state index is 0.745. The van der Waals surface area contributed by atoms with Crippen LogP contribution in [-0.2, 0) is 4.74 Å². The van der Waals surface area contributed by atoms with E-state index in [0.29, 0.717) is 0 Å². The SMILES string of the molecule is c1cc(OCCN2CCOCC2)c2ccsc2c1. The molecule has 0 spiro atoms. The van der Waals surface area contributed by atoms with Gasteiger partial charge in [-0.15, -0.1) is 11.3 Å². The van der Waals surface area contributed by atoms with Crippen LogP contribution >= 0.6 is 11.3 Å². The first-order chi connectivity index (χ1) is 8.93. The molecule has 1 aliphatic heterocycles. The van der Waals surface area contributed by atoms with Crippen LogP contribution in [0.25, 0.3) is 10.1 Å². The molecule has 18 heavy (non-hydrogen) atoms. The average molecular weight is 263 g/mol. The monoisotopic (exact) mass is 263 g/mol. The predicted octanol–water partition coefficient (Wildman–Crippen LogP) is 2.61. The first-order valence-electron chi connectivity index (χ1n) is 6.32. The largest absolute Gasteiger partial charge is 0.492 e. The van der Waals surface area contributed by atoms with E-state index < -0.39 is 0 Å². The van der Waals surface area contributed by atoms with Gasteiger partial charge in [-0.2, -0.15) is 0 Å². The molecule has 0 unspecified atom stereocenters. The lowest BCUT2D eigenvalue weighted by Gasteiger charge is -2.26. The molecule has 1 aliphatic rings. The van der Waals surface area contributed by atoms with E-state index in [9.17, 15) is 0 Å². The summed E-state index contributed by atoms with van der Waals surface area (Å²) in [7, 11) is 0. The van der Waals surface area contributed by atoms with Gasteiger partial charge >= 0.3 is 0 Å². The number of hydrogen-bond donors (Lipinski definition) is 0. The van der Waals surface area contributed by atoms with Gasteiger partial charge < -0.3 is 9.47 Å². The average Bonchev–Trinajstić information content (AvgIpc) is 2.89. The third-order valence-corrected chi connectivity index (χ3v) is 4.11. The Morgan fingerprint density at radius 1 is 1.22 bits per heavy atom. The number of hydrogen-bond acceptors (Lipinski definition) is 4. The zero-order chi connectivity index (χ0) is 12.2. The van der Waals surface area contributed by atoms with Gasteiger partial charge in [-0.3, -0.25) is 4.90 Å². The molecule has 96 valence electrons. The van der Waals surface area contributed by atoms with E-state index in [4.69, 9.17) is 9.47 Å². The highest BCUT2D eigenvalue weighted by Crippen LogP contribution is 2.29. The Morgan fingerprint density at radius 3 is 3.00 bits per heavy atom. The maximum absolute atomic E-state index is 5.90. The van der Waals surface area contributed by atoms with Crippen LogP contribution in [0.2, 0.25) is 0 Å². The molecule has 1 fully saturated rings. The smallest absolute Gasteiger partial charge is 0.128 e. The summed E-state index contributed by atoms with van der Waals surface area (Å²) >= 11 is 1.76. The lowest BCUT2D eigenvalue weighted by atomic mass is 10.2. The molecule has 3 rings (SSSR count). The second-order valence-corrected chi connectivity index (χ2v) is 5.34. The summed E-state index contributed by atoms with van der Waals surface area (Å²) in [4.78, 5) is 2.39. The Hall–Kier alpha value is -1.10. The topological polar surface area (TPSA) is 21.7 Å². The Morgan fingerprint density at radius 2 is 2.11 bits per heavy atom. The second kappa shape index (κ2) is 5.69. The summed E-state index contributed by atoms with van der Waals surface area (Å²) in [6, 6.07) is 8.37. The molecule has 2 heterocycles. The van der Waals surface area contributed by atoms with Crippen molar-refractivity contribution < 1.29 is 9.47 Å². The third-order valence-electron chi connectivity index (χ3n) is 3.22. The maximum Gasteiger partial charge on any atom is 0.128 e. The van der Waals surface area contributed by atoms with Crippen LogP contribution in [0.3, 0.4) is 0 Å². The van der Waals surface area contributed by atoms with Gasteiger partial charge in [-0.1, -0.05) is 6.07 Å². The highest BCUT2D eigenvalue weighted by Gasteiger charge is 2.10. The second-order valence-electron chi connectivity index (χ2n) is 4.39. The fraction of sp³-hybridized carbons (Fsp3) is 0.429. The molecule has 3 nitrogen and oxygen atoms in total. The zero-order valence-corrected chi connectivity index (χ0v) is 11.1. The Balaban J connectivity index is 1.57. The number of nitrogens with zero attached hydrogens (tertiary/aromatic N) is 1. The highest BCUT2D eigenvalue weighted by atomic mass is 32.1. The molecule has 1 aromatic heterocycles. The van der Waals surface area contributed by atoms with Crippen molar-refractivity contribution in [2.75, 3.05) is 39.5 Å². The lowest BCUT2D eigenvalue weighted by Crippen LogP contribution is -2.38. The quantitative estimate of drug-likeness (QED) is 0.846. The first kappa shape index (κ1) is 12.0. The van der Waals surface area contributed by atoms with E-state index in [1.807, 2.05) is 6.07 Å². The minimum Gasteiger partial charge on any atom is -0.492 e. The van der Waals surface area contributed by atoms with E-state index in [2.05, 4.69) is 28.5 Å². The number of ether oxygens (including phenoxy) is 2. The van der Waals surface area contributed by atoms with Crippen LogP contribution < -0.4 is 4.74 Å². The minimum absolute atomic E-state index is 0.745. The van der Waals surface area contributed by atoms with Crippen molar-refractivity contribution >= 4 is 21.4 Å². The number of rotatable bonds is 4. The maximum atomic E-state index is 5.90. The number of benzene rings is 1. The third kappa shape index (κ3) is 2.66. The van der Waals surface area contributed by atoms with Gasteiger partial charge in [-0.25, -0.2) is 0 Å². The Bertz CT molecular complexity index is 505. The van der Waals surface area contributed by atoms with Crippen LogP contribution in [0.4, 0.5) is 0 Å². The van der Waals surface area contributed by atoms with Crippen molar-refractivity contribution in [3.8, 4) is 5.75 Å². The standard InChI is InChI=1S/C14H17NO2S/c1-2-13(12-4-11-18-14(12)3-1)17-10-7-15-5-8-16-9-6-15/h1-4,11H,5-10H2. The van der Waals surface area contributed by atoms with Crippen LogP contribution in [-0.4, -0.2) is 44.4 Å². The van der Waals surface area contributed by atoms with E-state index in [1.54, 1.807) is 11.3 Å². The summed E-state index contributed by atoms with van der Waals surface area (Å²) in [5, 5.41) is 3.34. The zero-order valence-electron chi connectivity index (χ0n) is 10.3. The van der Waals surface area contributed by atoms with Gasteiger partial charge in [0.05, 0.1) is 13.2 Å². The summed E-state index contributed by atoms with van der Waals surface area (Å²) in [6.45, 7) is 5.46. The molecular formula is C14H17NO2S. The first-order valence-corrected chi connectivity index (χ1v) is 7.20. The number of fused-ring (bicyclic) bond motifs is 1. The summed E-state index contributed by atoms with van der Waals surface area (Å²) < 4.78 is 12.5.